The molecular weight excluding hydrogens is 347 g/mol. The number of halogens is 1. The summed E-state index contributed by atoms with van der Waals surface area (Å²) < 4.78 is 16.4. The van der Waals surface area contributed by atoms with Gasteiger partial charge in [-0.1, -0.05) is 13.0 Å². The summed E-state index contributed by atoms with van der Waals surface area (Å²) in [5.41, 5.74) is 0.0649. The van der Waals surface area contributed by atoms with Gasteiger partial charge in [0.25, 0.3) is 5.91 Å². The zero-order valence-electron chi connectivity index (χ0n) is 15.9. The molecule has 2 saturated heterocycles. The van der Waals surface area contributed by atoms with Crippen LogP contribution in [0.2, 0.25) is 0 Å². The Morgan fingerprint density at radius 3 is 2.70 bits per heavy atom. The molecule has 27 heavy (non-hydrogen) atoms. The lowest BCUT2D eigenvalue weighted by molar-refractivity contribution is -0.145. The summed E-state index contributed by atoms with van der Waals surface area (Å²) in [7, 11) is 0. The highest BCUT2D eigenvalue weighted by Crippen LogP contribution is 2.39. The molecule has 2 aromatic rings. The van der Waals surface area contributed by atoms with E-state index in [0.29, 0.717) is 37.3 Å². The van der Waals surface area contributed by atoms with Crippen LogP contribution in [0.1, 0.15) is 55.2 Å². The van der Waals surface area contributed by atoms with Crippen LogP contribution in [0, 0.1) is 12.9 Å². The third-order valence-electron chi connectivity index (χ3n) is 5.92. The van der Waals surface area contributed by atoms with Crippen molar-refractivity contribution in [1.29, 1.82) is 0 Å². The van der Waals surface area contributed by atoms with Gasteiger partial charge in [-0.3, -0.25) is 14.0 Å². The number of rotatable bonds is 3. The average molecular weight is 372 g/mol. The normalized spacial score (nSPS) is 23.0. The van der Waals surface area contributed by atoms with Crippen molar-refractivity contribution in [3.05, 3.63) is 35.5 Å². The van der Waals surface area contributed by atoms with Gasteiger partial charge in [0.1, 0.15) is 11.2 Å². The first-order valence-corrected chi connectivity index (χ1v) is 9.74. The van der Waals surface area contributed by atoms with Gasteiger partial charge in [-0.05, 0) is 51.2 Å². The van der Waals surface area contributed by atoms with E-state index in [1.807, 2.05) is 11.8 Å². The Balaban J connectivity index is 1.72. The van der Waals surface area contributed by atoms with Gasteiger partial charge in [0.15, 0.2) is 5.69 Å². The third kappa shape index (κ3) is 2.63. The quantitative estimate of drug-likeness (QED) is 0.832. The Labute approximate surface area is 158 Å². The van der Waals surface area contributed by atoms with Gasteiger partial charge in [-0.15, -0.1) is 0 Å². The molecule has 0 aromatic carbocycles. The molecule has 4 heterocycles. The number of carbonyl (C=O) groups excluding carboxylic acids is 2. The standard InChI is InChI=1S/C20H25FN4O2/c1-3-11-23-12-5-9-20(19(23)27)10-6-13-24(20)18(26)16-17(21)25-14(2)7-4-8-15(25)22-16/h4,7-8H,3,5-6,9-13H2,1-2H3. The number of pyridine rings is 1. The van der Waals surface area contributed by atoms with E-state index in [2.05, 4.69) is 4.98 Å². The number of likely N-dealkylation sites (tertiary alicyclic amines) is 2. The Kier molecular flexibility index (Phi) is 4.40. The van der Waals surface area contributed by atoms with E-state index in [-0.39, 0.29) is 11.6 Å². The van der Waals surface area contributed by atoms with Crippen molar-refractivity contribution in [1.82, 2.24) is 19.2 Å². The minimum Gasteiger partial charge on any atom is -0.341 e. The van der Waals surface area contributed by atoms with Crippen molar-refractivity contribution >= 4 is 17.5 Å². The van der Waals surface area contributed by atoms with Crippen LogP contribution in [0.3, 0.4) is 0 Å². The van der Waals surface area contributed by atoms with E-state index in [4.69, 9.17) is 0 Å². The highest BCUT2D eigenvalue weighted by Gasteiger charge is 2.53. The molecule has 6 nitrogen and oxygen atoms in total. The number of carbonyl (C=O) groups is 2. The van der Waals surface area contributed by atoms with E-state index in [1.165, 1.54) is 4.40 Å². The van der Waals surface area contributed by atoms with E-state index < -0.39 is 17.4 Å². The second-order valence-corrected chi connectivity index (χ2v) is 7.60. The van der Waals surface area contributed by atoms with Crippen molar-refractivity contribution in [2.45, 2.75) is 51.5 Å². The summed E-state index contributed by atoms with van der Waals surface area (Å²) in [5, 5.41) is 0. The molecule has 144 valence electrons. The number of aryl methyl sites for hydroxylation is 1. The van der Waals surface area contributed by atoms with Crippen LogP contribution in [0.5, 0.6) is 0 Å². The highest BCUT2D eigenvalue weighted by atomic mass is 19.1. The SMILES string of the molecule is CCCN1CCCC2(CCCN2C(=O)c2nc3cccc(C)n3c2F)C1=O. The predicted molar refractivity (Wildman–Crippen MR) is 99.0 cm³/mol. The van der Waals surface area contributed by atoms with Gasteiger partial charge in [0.05, 0.1) is 0 Å². The molecule has 2 fully saturated rings. The molecule has 1 spiro atoms. The van der Waals surface area contributed by atoms with E-state index >= 15 is 4.39 Å². The summed E-state index contributed by atoms with van der Waals surface area (Å²) >= 11 is 0. The van der Waals surface area contributed by atoms with Crippen LogP contribution in [0.15, 0.2) is 18.2 Å². The van der Waals surface area contributed by atoms with Crippen molar-refractivity contribution < 1.29 is 14.0 Å². The Morgan fingerprint density at radius 2 is 2.00 bits per heavy atom. The molecule has 2 aliphatic rings. The molecule has 0 saturated carbocycles. The van der Waals surface area contributed by atoms with Crippen LogP contribution in [0.4, 0.5) is 4.39 Å². The van der Waals surface area contributed by atoms with Crippen LogP contribution in [-0.4, -0.2) is 56.2 Å². The zero-order valence-corrected chi connectivity index (χ0v) is 15.9. The summed E-state index contributed by atoms with van der Waals surface area (Å²) in [6.07, 6.45) is 3.79. The van der Waals surface area contributed by atoms with Crippen LogP contribution in [-0.2, 0) is 4.79 Å². The van der Waals surface area contributed by atoms with Gasteiger partial charge < -0.3 is 9.80 Å². The smallest absolute Gasteiger partial charge is 0.278 e. The molecule has 2 aliphatic heterocycles. The van der Waals surface area contributed by atoms with Crippen LogP contribution in [0.25, 0.3) is 5.65 Å². The lowest BCUT2D eigenvalue weighted by atomic mass is 9.85. The Hall–Kier alpha value is -2.44. The number of aromatic nitrogens is 2. The van der Waals surface area contributed by atoms with Gasteiger partial charge in [0.2, 0.25) is 11.9 Å². The maximum Gasteiger partial charge on any atom is 0.278 e. The summed E-state index contributed by atoms with van der Waals surface area (Å²) in [6, 6.07) is 5.24. The Morgan fingerprint density at radius 1 is 1.26 bits per heavy atom. The summed E-state index contributed by atoms with van der Waals surface area (Å²) in [6.45, 7) is 5.72. The molecule has 7 heteroatoms. The fourth-order valence-electron chi connectivity index (χ4n) is 4.68. The zero-order chi connectivity index (χ0) is 19.2. The first kappa shape index (κ1) is 17.9. The second-order valence-electron chi connectivity index (χ2n) is 7.60. The second kappa shape index (κ2) is 6.62. The number of piperidine rings is 1. The fraction of sp³-hybridized carbons (Fsp3) is 0.550. The summed E-state index contributed by atoms with van der Waals surface area (Å²) in [5.74, 6) is -1.11. The molecule has 2 amide bonds. The third-order valence-corrected chi connectivity index (χ3v) is 5.92. The number of hydrogen-bond donors (Lipinski definition) is 0. The molecular formula is C20H25FN4O2. The predicted octanol–water partition coefficient (Wildman–Crippen LogP) is 2.79. The molecule has 2 aromatic heterocycles. The van der Waals surface area contributed by atoms with Crippen molar-refractivity contribution in [3.8, 4) is 0 Å². The molecule has 1 unspecified atom stereocenters. The van der Waals surface area contributed by atoms with Crippen LogP contribution < -0.4 is 0 Å². The maximum absolute atomic E-state index is 15.0. The lowest BCUT2D eigenvalue weighted by Gasteiger charge is -2.44. The van der Waals surface area contributed by atoms with Gasteiger partial charge in [0, 0.05) is 25.3 Å². The van der Waals surface area contributed by atoms with Gasteiger partial charge >= 0.3 is 0 Å². The number of fused-ring (bicyclic) bond motifs is 1. The minimum absolute atomic E-state index is 0.0156. The molecule has 0 bridgehead atoms. The van der Waals surface area contributed by atoms with E-state index in [1.54, 1.807) is 30.0 Å². The van der Waals surface area contributed by atoms with Gasteiger partial charge in [-0.25, -0.2) is 4.98 Å². The number of hydrogen-bond acceptors (Lipinski definition) is 3. The molecule has 4 rings (SSSR count). The first-order valence-electron chi connectivity index (χ1n) is 9.74. The average Bonchev–Trinajstić information content (AvgIpc) is 3.22. The molecule has 0 radical (unpaired) electrons. The molecule has 0 N–H and O–H groups in total. The molecule has 1 atom stereocenters. The topological polar surface area (TPSA) is 57.9 Å². The van der Waals surface area contributed by atoms with E-state index in [9.17, 15) is 9.59 Å². The first-order chi connectivity index (χ1) is 13.0. The fourth-order valence-corrected chi connectivity index (χ4v) is 4.68. The van der Waals surface area contributed by atoms with Crippen molar-refractivity contribution in [3.63, 3.8) is 0 Å². The number of imidazole rings is 1. The Bertz CT molecular complexity index is 907. The number of amides is 2. The monoisotopic (exact) mass is 372 g/mol. The van der Waals surface area contributed by atoms with Crippen LogP contribution >= 0.6 is 0 Å². The van der Waals surface area contributed by atoms with Gasteiger partial charge in [-0.2, -0.15) is 4.39 Å². The molecule has 0 aliphatic carbocycles. The van der Waals surface area contributed by atoms with Crippen molar-refractivity contribution in [2.75, 3.05) is 19.6 Å². The minimum atomic E-state index is -0.832. The van der Waals surface area contributed by atoms with Crippen molar-refractivity contribution in [2.24, 2.45) is 0 Å². The largest absolute Gasteiger partial charge is 0.341 e. The lowest BCUT2D eigenvalue weighted by Crippen LogP contribution is -2.61. The highest BCUT2D eigenvalue weighted by molar-refractivity contribution is 5.99. The number of nitrogens with zero attached hydrogens (tertiary/aromatic N) is 4. The summed E-state index contributed by atoms with van der Waals surface area (Å²) in [4.78, 5) is 34.2. The maximum atomic E-state index is 15.0. The van der Waals surface area contributed by atoms with E-state index in [0.717, 1.165) is 25.8 Å².